The van der Waals surface area contributed by atoms with Gasteiger partial charge in [-0.15, -0.1) is 0 Å². The van der Waals surface area contributed by atoms with Crippen molar-refractivity contribution < 1.29 is 14.3 Å². The number of primary amides is 1. The molecule has 0 aliphatic carbocycles. The van der Waals surface area contributed by atoms with Crippen molar-refractivity contribution in [3.8, 4) is 0 Å². The van der Waals surface area contributed by atoms with Crippen LogP contribution in [0, 0.1) is 0 Å². The molecule has 0 radical (unpaired) electrons. The molecule has 0 fully saturated rings. The summed E-state index contributed by atoms with van der Waals surface area (Å²) in [5.41, 5.74) is 8.42. The SMILES string of the molecule is CC1(C)COC(c2cccc(C3=C(C(N)=O)COC3)c2)=N1. The molecule has 0 bridgehead atoms. The molecule has 2 heterocycles. The Kier molecular flexibility index (Phi) is 3.29. The fourth-order valence-corrected chi connectivity index (χ4v) is 2.48. The fourth-order valence-electron chi connectivity index (χ4n) is 2.48. The Morgan fingerprint density at radius 2 is 2.05 bits per heavy atom. The van der Waals surface area contributed by atoms with Gasteiger partial charge in [0.05, 0.1) is 18.8 Å². The van der Waals surface area contributed by atoms with Crippen LogP contribution in [0.1, 0.15) is 25.0 Å². The standard InChI is InChI=1S/C16H18N2O3/c1-16(2)9-21-15(18-16)11-5-3-4-10(6-11)12-7-20-8-13(12)14(17)19/h3-6H,7-9H2,1-2H3,(H2,17,19). The molecule has 21 heavy (non-hydrogen) atoms. The average molecular weight is 286 g/mol. The molecule has 5 nitrogen and oxygen atoms in total. The number of rotatable bonds is 3. The normalized spacial score (nSPS) is 20.4. The number of ether oxygens (including phenoxy) is 2. The number of carbonyl (C=O) groups excluding carboxylic acids is 1. The first kappa shape index (κ1) is 13.8. The van der Waals surface area contributed by atoms with Crippen molar-refractivity contribution in [3.63, 3.8) is 0 Å². The summed E-state index contributed by atoms with van der Waals surface area (Å²) in [5.74, 6) is 0.213. The van der Waals surface area contributed by atoms with E-state index >= 15 is 0 Å². The van der Waals surface area contributed by atoms with Gasteiger partial charge in [0.1, 0.15) is 6.61 Å². The number of hydrogen-bond donors (Lipinski definition) is 1. The molecule has 0 unspecified atom stereocenters. The highest BCUT2D eigenvalue weighted by Gasteiger charge is 2.27. The largest absolute Gasteiger partial charge is 0.475 e. The van der Waals surface area contributed by atoms with Crippen LogP contribution in [-0.4, -0.2) is 37.2 Å². The number of benzene rings is 1. The molecule has 5 heteroatoms. The van der Waals surface area contributed by atoms with Gasteiger partial charge in [-0.2, -0.15) is 0 Å². The van der Waals surface area contributed by atoms with Crippen molar-refractivity contribution in [1.82, 2.24) is 0 Å². The smallest absolute Gasteiger partial charge is 0.247 e. The van der Waals surface area contributed by atoms with Crippen molar-refractivity contribution in [3.05, 3.63) is 41.0 Å². The lowest BCUT2D eigenvalue weighted by atomic mass is 10.00. The molecule has 0 aromatic heterocycles. The molecule has 1 aromatic rings. The Balaban J connectivity index is 1.98. The van der Waals surface area contributed by atoms with E-state index in [1.807, 2.05) is 38.1 Å². The summed E-state index contributed by atoms with van der Waals surface area (Å²) in [4.78, 5) is 16.0. The van der Waals surface area contributed by atoms with E-state index in [1.165, 1.54) is 0 Å². The first-order valence-corrected chi connectivity index (χ1v) is 6.89. The zero-order valence-electron chi connectivity index (χ0n) is 12.2. The molecular weight excluding hydrogens is 268 g/mol. The predicted octanol–water partition coefficient (Wildman–Crippen LogP) is 1.51. The second-order valence-electron chi connectivity index (χ2n) is 5.91. The summed E-state index contributed by atoms with van der Waals surface area (Å²) in [6.07, 6.45) is 0. The molecule has 2 aliphatic rings. The van der Waals surface area contributed by atoms with E-state index in [0.717, 1.165) is 16.7 Å². The summed E-state index contributed by atoms with van der Waals surface area (Å²) in [7, 11) is 0. The maximum Gasteiger partial charge on any atom is 0.247 e. The van der Waals surface area contributed by atoms with Crippen LogP contribution in [0.4, 0.5) is 0 Å². The third-order valence-corrected chi connectivity index (χ3v) is 3.58. The molecule has 3 rings (SSSR count). The third kappa shape index (κ3) is 2.69. The zero-order valence-corrected chi connectivity index (χ0v) is 12.2. The quantitative estimate of drug-likeness (QED) is 0.915. The summed E-state index contributed by atoms with van der Waals surface area (Å²) in [6.45, 7) is 5.32. The van der Waals surface area contributed by atoms with E-state index in [1.54, 1.807) is 0 Å². The number of nitrogens with two attached hydrogens (primary N) is 1. The van der Waals surface area contributed by atoms with Crippen LogP contribution in [0.5, 0.6) is 0 Å². The van der Waals surface area contributed by atoms with E-state index in [2.05, 4.69) is 4.99 Å². The van der Waals surface area contributed by atoms with E-state index in [4.69, 9.17) is 15.2 Å². The molecule has 0 saturated carbocycles. The van der Waals surface area contributed by atoms with Crippen LogP contribution in [-0.2, 0) is 14.3 Å². The summed E-state index contributed by atoms with van der Waals surface area (Å²) in [6, 6.07) is 7.78. The highest BCUT2D eigenvalue weighted by atomic mass is 16.5. The molecule has 2 aliphatic heterocycles. The van der Waals surface area contributed by atoms with Crippen molar-refractivity contribution in [2.24, 2.45) is 10.7 Å². The molecule has 2 N–H and O–H groups in total. The Morgan fingerprint density at radius 1 is 1.29 bits per heavy atom. The topological polar surface area (TPSA) is 73.9 Å². The predicted molar refractivity (Wildman–Crippen MR) is 79.9 cm³/mol. The van der Waals surface area contributed by atoms with Gasteiger partial charge < -0.3 is 15.2 Å². The first-order chi connectivity index (χ1) is 9.96. The summed E-state index contributed by atoms with van der Waals surface area (Å²) in [5, 5.41) is 0. The van der Waals surface area contributed by atoms with E-state index < -0.39 is 5.91 Å². The Bertz CT molecular complexity index is 659. The van der Waals surface area contributed by atoms with Crippen LogP contribution < -0.4 is 5.73 Å². The minimum Gasteiger partial charge on any atom is -0.475 e. The Labute approximate surface area is 123 Å². The van der Waals surface area contributed by atoms with Gasteiger partial charge in [0, 0.05) is 11.1 Å². The Morgan fingerprint density at radius 3 is 2.71 bits per heavy atom. The Hall–Kier alpha value is -2.14. The fraction of sp³-hybridized carbons (Fsp3) is 0.375. The van der Waals surface area contributed by atoms with E-state index in [0.29, 0.717) is 24.7 Å². The van der Waals surface area contributed by atoms with Crippen molar-refractivity contribution >= 4 is 17.4 Å². The van der Waals surface area contributed by atoms with Crippen LogP contribution in [0.2, 0.25) is 0 Å². The lowest BCUT2D eigenvalue weighted by Gasteiger charge is -2.07. The van der Waals surface area contributed by atoms with Gasteiger partial charge >= 0.3 is 0 Å². The highest BCUT2D eigenvalue weighted by Crippen LogP contribution is 2.27. The van der Waals surface area contributed by atoms with Crippen molar-refractivity contribution in [2.45, 2.75) is 19.4 Å². The minimum atomic E-state index is -0.427. The van der Waals surface area contributed by atoms with Crippen LogP contribution >= 0.6 is 0 Å². The molecule has 0 saturated heterocycles. The number of nitrogens with zero attached hydrogens (tertiary/aromatic N) is 1. The van der Waals surface area contributed by atoms with E-state index in [9.17, 15) is 4.79 Å². The molecule has 1 aromatic carbocycles. The van der Waals surface area contributed by atoms with Crippen LogP contribution in [0.3, 0.4) is 0 Å². The summed E-state index contributed by atoms with van der Waals surface area (Å²) < 4.78 is 11.0. The first-order valence-electron chi connectivity index (χ1n) is 6.89. The van der Waals surface area contributed by atoms with Crippen LogP contribution in [0.15, 0.2) is 34.8 Å². The monoisotopic (exact) mass is 286 g/mol. The van der Waals surface area contributed by atoms with Gasteiger partial charge in [0.25, 0.3) is 0 Å². The third-order valence-electron chi connectivity index (χ3n) is 3.58. The van der Waals surface area contributed by atoms with Gasteiger partial charge in [-0.05, 0) is 37.1 Å². The number of aliphatic imine (C=N–C) groups is 1. The van der Waals surface area contributed by atoms with Crippen LogP contribution in [0.25, 0.3) is 5.57 Å². The maximum atomic E-state index is 11.4. The molecule has 1 amide bonds. The minimum absolute atomic E-state index is 0.195. The van der Waals surface area contributed by atoms with Crippen molar-refractivity contribution in [1.29, 1.82) is 0 Å². The second-order valence-corrected chi connectivity index (χ2v) is 5.91. The number of carbonyl (C=O) groups is 1. The van der Waals surface area contributed by atoms with Gasteiger partial charge in [0.15, 0.2) is 0 Å². The van der Waals surface area contributed by atoms with Crippen molar-refractivity contribution in [2.75, 3.05) is 19.8 Å². The second kappa shape index (κ2) is 5.00. The average Bonchev–Trinajstić information content (AvgIpc) is 3.05. The number of hydrogen-bond acceptors (Lipinski definition) is 4. The van der Waals surface area contributed by atoms with Gasteiger partial charge in [-0.1, -0.05) is 12.1 Å². The molecule has 0 atom stereocenters. The highest BCUT2D eigenvalue weighted by molar-refractivity contribution is 6.02. The van der Waals surface area contributed by atoms with Gasteiger partial charge in [0.2, 0.25) is 11.8 Å². The lowest BCUT2D eigenvalue weighted by Crippen LogP contribution is -2.17. The van der Waals surface area contributed by atoms with Gasteiger partial charge in [-0.3, -0.25) is 4.79 Å². The molecule has 110 valence electrons. The number of amides is 1. The summed E-state index contributed by atoms with van der Waals surface area (Å²) >= 11 is 0. The molecule has 0 spiro atoms. The molecular formula is C16H18N2O3. The van der Waals surface area contributed by atoms with Gasteiger partial charge in [-0.25, -0.2) is 4.99 Å². The zero-order chi connectivity index (χ0) is 15.0. The lowest BCUT2D eigenvalue weighted by molar-refractivity contribution is -0.114. The van der Waals surface area contributed by atoms with E-state index in [-0.39, 0.29) is 12.1 Å². The maximum absolute atomic E-state index is 11.4.